The number of esters is 2. The largest absolute Gasteiger partial charge is 0.422 e. The van der Waals surface area contributed by atoms with Crippen LogP contribution in [0.15, 0.2) is 0 Å². The maximum atomic E-state index is 12.1. The van der Waals surface area contributed by atoms with Crippen molar-refractivity contribution >= 4 is 17.7 Å². The highest BCUT2D eigenvalue weighted by Crippen LogP contribution is 2.27. The molecule has 2 saturated heterocycles. The molecule has 0 aromatic rings. The van der Waals surface area contributed by atoms with E-state index >= 15 is 0 Å². The van der Waals surface area contributed by atoms with Crippen molar-refractivity contribution in [1.29, 1.82) is 0 Å². The lowest BCUT2D eigenvalue weighted by Gasteiger charge is -2.33. The second kappa shape index (κ2) is 5.28. The number of hydrogen-bond donors (Lipinski definition) is 1. The summed E-state index contributed by atoms with van der Waals surface area (Å²) >= 11 is 0. The van der Waals surface area contributed by atoms with Crippen molar-refractivity contribution in [1.82, 2.24) is 5.32 Å². The van der Waals surface area contributed by atoms with Crippen molar-refractivity contribution in [2.45, 2.75) is 38.9 Å². The Morgan fingerprint density at radius 1 is 1.21 bits per heavy atom. The SMILES string of the molecule is CC1(C)OC(=O)C(CC(=O)C2CCNCC2)C(=O)O1. The predicted octanol–water partition coefficient (Wildman–Crippen LogP) is 0.398. The second-order valence-electron chi connectivity index (χ2n) is 5.49. The Labute approximate surface area is 111 Å². The van der Waals surface area contributed by atoms with E-state index in [1.807, 2.05) is 0 Å². The molecule has 0 radical (unpaired) electrons. The van der Waals surface area contributed by atoms with Gasteiger partial charge in [-0.1, -0.05) is 0 Å². The summed E-state index contributed by atoms with van der Waals surface area (Å²) in [6, 6.07) is 0. The zero-order chi connectivity index (χ0) is 14.0. The first-order valence-electron chi connectivity index (χ1n) is 6.58. The van der Waals surface area contributed by atoms with E-state index in [1.165, 1.54) is 13.8 Å². The van der Waals surface area contributed by atoms with Crippen LogP contribution in [0, 0.1) is 11.8 Å². The van der Waals surface area contributed by atoms with E-state index in [-0.39, 0.29) is 18.1 Å². The normalized spacial score (nSPS) is 24.7. The molecule has 19 heavy (non-hydrogen) atoms. The van der Waals surface area contributed by atoms with E-state index < -0.39 is 23.6 Å². The highest BCUT2D eigenvalue weighted by Gasteiger charge is 2.44. The van der Waals surface area contributed by atoms with Crippen molar-refractivity contribution in [3.05, 3.63) is 0 Å². The number of nitrogens with one attached hydrogen (secondary N) is 1. The van der Waals surface area contributed by atoms with Crippen LogP contribution in [0.1, 0.15) is 33.1 Å². The quantitative estimate of drug-likeness (QED) is 0.590. The number of ketones is 1. The van der Waals surface area contributed by atoms with Crippen LogP contribution >= 0.6 is 0 Å². The molecule has 1 N–H and O–H groups in total. The number of carbonyl (C=O) groups is 3. The summed E-state index contributed by atoms with van der Waals surface area (Å²) in [5.41, 5.74) is 0. The first-order chi connectivity index (χ1) is 8.89. The van der Waals surface area contributed by atoms with Crippen molar-refractivity contribution in [3.8, 4) is 0 Å². The monoisotopic (exact) mass is 269 g/mol. The molecule has 0 amide bonds. The highest BCUT2D eigenvalue weighted by atomic mass is 16.7. The fraction of sp³-hybridized carbons (Fsp3) is 0.769. The average molecular weight is 269 g/mol. The van der Waals surface area contributed by atoms with Gasteiger partial charge in [0.1, 0.15) is 5.78 Å². The Morgan fingerprint density at radius 3 is 2.26 bits per heavy atom. The molecule has 2 aliphatic heterocycles. The molecule has 0 unspecified atom stereocenters. The molecule has 0 bridgehead atoms. The van der Waals surface area contributed by atoms with Crippen LogP contribution in [-0.2, 0) is 23.9 Å². The van der Waals surface area contributed by atoms with E-state index in [0.717, 1.165) is 25.9 Å². The van der Waals surface area contributed by atoms with Crippen LogP contribution in [0.3, 0.4) is 0 Å². The van der Waals surface area contributed by atoms with Crippen molar-refractivity contribution < 1.29 is 23.9 Å². The fourth-order valence-corrected chi connectivity index (χ4v) is 2.42. The van der Waals surface area contributed by atoms with Gasteiger partial charge in [-0.15, -0.1) is 0 Å². The molecule has 0 aliphatic carbocycles. The molecule has 2 fully saturated rings. The topological polar surface area (TPSA) is 81.7 Å². The van der Waals surface area contributed by atoms with Gasteiger partial charge in [-0.3, -0.25) is 14.4 Å². The van der Waals surface area contributed by atoms with Crippen molar-refractivity contribution in [3.63, 3.8) is 0 Å². The molecule has 0 atom stereocenters. The lowest BCUT2D eigenvalue weighted by atomic mass is 9.88. The highest BCUT2D eigenvalue weighted by molar-refractivity contribution is 6.00. The molecule has 0 aromatic heterocycles. The molecular weight excluding hydrogens is 250 g/mol. The zero-order valence-electron chi connectivity index (χ0n) is 11.2. The Bertz CT molecular complexity index is 378. The molecule has 0 aromatic carbocycles. The molecular formula is C13H19NO5. The van der Waals surface area contributed by atoms with Crippen molar-refractivity contribution in [2.75, 3.05) is 13.1 Å². The van der Waals surface area contributed by atoms with Gasteiger partial charge in [0.25, 0.3) is 5.79 Å². The van der Waals surface area contributed by atoms with E-state index in [1.54, 1.807) is 0 Å². The molecule has 2 rings (SSSR count). The van der Waals surface area contributed by atoms with Crippen LogP contribution in [0.5, 0.6) is 0 Å². The Balaban J connectivity index is 1.96. The number of Topliss-reactive ketones (excluding diaryl/α,β-unsaturated/α-hetero) is 1. The minimum atomic E-state index is -1.23. The van der Waals surface area contributed by atoms with Gasteiger partial charge in [0, 0.05) is 26.2 Å². The van der Waals surface area contributed by atoms with E-state index in [9.17, 15) is 14.4 Å². The second-order valence-corrected chi connectivity index (χ2v) is 5.49. The summed E-state index contributed by atoms with van der Waals surface area (Å²) in [5.74, 6) is -3.79. The van der Waals surface area contributed by atoms with Gasteiger partial charge in [0.2, 0.25) is 0 Å². The minimum Gasteiger partial charge on any atom is -0.422 e. The summed E-state index contributed by atoms with van der Waals surface area (Å²) < 4.78 is 10.00. The van der Waals surface area contributed by atoms with Crippen LogP contribution in [-0.4, -0.2) is 36.6 Å². The van der Waals surface area contributed by atoms with Crippen molar-refractivity contribution in [2.24, 2.45) is 11.8 Å². The molecule has 6 nitrogen and oxygen atoms in total. The third-order valence-corrected chi connectivity index (χ3v) is 3.46. The predicted molar refractivity (Wildman–Crippen MR) is 65.0 cm³/mol. The van der Waals surface area contributed by atoms with Gasteiger partial charge in [0.05, 0.1) is 0 Å². The average Bonchev–Trinajstić information content (AvgIpc) is 2.33. The standard InChI is InChI=1S/C13H19NO5/c1-13(2)18-11(16)9(12(17)19-13)7-10(15)8-3-5-14-6-4-8/h8-9,14H,3-7H2,1-2H3. The summed E-state index contributed by atoms with van der Waals surface area (Å²) in [7, 11) is 0. The maximum Gasteiger partial charge on any atom is 0.324 e. The number of carbonyl (C=O) groups excluding carboxylic acids is 3. The van der Waals surface area contributed by atoms with Crippen LogP contribution < -0.4 is 5.32 Å². The third-order valence-electron chi connectivity index (χ3n) is 3.46. The van der Waals surface area contributed by atoms with E-state index in [2.05, 4.69) is 5.32 Å². The minimum absolute atomic E-state index is 0.0555. The van der Waals surface area contributed by atoms with E-state index in [0.29, 0.717) is 0 Å². The Hall–Kier alpha value is -1.43. The first-order valence-corrected chi connectivity index (χ1v) is 6.58. The lowest BCUT2D eigenvalue weighted by Crippen LogP contribution is -2.47. The van der Waals surface area contributed by atoms with Gasteiger partial charge in [-0.05, 0) is 25.9 Å². The van der Waals surface area contributed by atoms with Crippen LogP contribution in [0.25, 0.3) is 0 Å². The van der Waals surface area contributed by atoms with Gasteiger partial charge in [-0.2, -0.15) is 0 Å². The number of rotatable bonds is 3. The van der Waals surface area contributed by atoms with Gasteiger partial charge in [0.15, 0.2) is 5.92 Å². The summed E-state index contributed by atoms with van der Waals surface area (Å²) in [4.78, 5) is 35.6. The lowest BCUT2D eigenvalue weighted by molar-refractivity contribution is -0.240. The number of ether oxygens (including phenoxy) is 2. The number of hydrogen-bond acceptors (Lipinski definition) is 6. The summed E-state index contributed by atoms with van der Waals surface area (Å²) in [6.45, 7) is 4.58. The maximum absolute atomic E-state index is 12.1. The summed E-state index contributed by atoms with van der Waals surface area (Å²) in [6.07, 6.45) is 1.39. The molecule has 2 heterocycles. The third kappa shape index (κ3) is 3.32. The first kappa shape index (κ1) is 14.0. The molecule has 0 saturated carbocycles. The number of piperidine rings is 1. The van der Waals surface area contributed by atoms with Crippen LogP contribution in [0.4, 0.5) is 0 Å². The Kier molecular flexibility index (Phi) is 3.89. The smallest absolute Gasteiger partial charge is 0.324 e. The van der Waals surface area contributed by atoms with E-state index in [4.69, 9.17) is 9.47 Å². The number of cyclic esters (lactones) is 2. The van der Waals surface area contributed by atoms with Gasteiger partial charge < -0.3 is 14.8 Å². The summed E-state index contributed by atoms with van der Waals surface area (Å²) in [5, 5.41) is 3.17. The fourth-order valence-electron chi connectivity index (χ4n) is 2.42. The molecule has 0 spiro atoms. The van der Waals surface area contributed by atoms with Crippen LogP contribution in [0.2, 0.25) is 0 Å². The molecule has 106 valence electrons. The van der Waals surface area contributed by atoms with Gasteiger partial charge >= 0.3 is 11.9 Å². The molecule has 2 aliphatic rings. The molecule has 6 heteroatoms. The Morgan fingerprint density at radius 2 is 1.74 bits per heavy atom. The van der Waals surface area contributed by atoms with Gasteiger partial charge in [-0.25, -0.2) is 0 Å². The zero-order valence-corrected chi connectivity index (χ0v) is 11.2.